The third kappa shape index (κ3) is 4.01. The lowest BCUT2D eigenvalue weighted by molar-refractivity contribution is -0.116. The Balaban J connectivity index is 1.70. The van der Waals surface area contributed by atoms with Gasteiger partial charge >= 0.3 is 0 Å². The second-order valence-electron chi connectivity index (χ2n) is 5.43. The van der Waals surface area contributed by atoms with Gasteiger partial charge < -0.3 is 5.32 Å². The second-order valence-corrected chi connectivity index (χ2v) is 9.42. The van der Waals surface area contributed by atoms with Gasteiger partial charge in [-0.25, -0.2) is 8.42 Å². The van der Waals surface area contributed by atoms with Crippen LogP contribution < -0.4 is 5.32 Å². The van der Waals surface area contributed by atoms with Crippen LogP contribution in [0.15, 0.2) is 58.8 Å². The highest BCUT2D eigenvalue weighted by molar-refractivity contribution is 7.91. The van der Waals surface area contributed by atoms with E-state index < -0.39 is 15.9 Å². The molecule has 25 heavy (non-hydrogen) atoms. The van der Waals surface area contributed by atoms with Crippen molar-refractivity contribution in [2.45, 2.75) is 4.21 Å². The highest BCUT2D eigenvalue weighted by Crippen LogP contribution is 2.27. The molecule has 1 amide bonds. The van der Waals surface area contributed by atoms with Gasteiger partial charge in [0, 0.05) is 12.7 Å². The summed E-state index contributed by atoms with van der Waals surface area (Å²) in [4.78, 5) is 12.2. The van der Waals surface area contributed by atoms with Crippen LogP contribution in [0.5, 0.6) is 0 Å². The van der Waals surface area contributed by atoms with Crippen molar-refractivity contribution in [2.75, 3.05) is 18.9 Å². The van der Waals surface area contributed by atoms with Crippen molar-refractivity contribution in [3.63, 3.8) is 0 Å². The van der Waals surface area contributed by atoms with Crippen LogP contribution in [0, 0.1) is 0 Å². The van der Waals surface area contributed by atoms with E-state index in [-0.39, 0.29) is 10.8 Å². The molecule has 0 saturated carbocycles. The van der Waals surface area contributed by atoms with Crippen LogP contribution in [-0.2, 0) is 14.8 Å². The van der Waals surface area contributed by atoms with E-state index in [1.165, 1.54) is 19.2 Å². The zero-order valence-corrected chi connectivity index (χ0v) is 15.7. The molecule has 2 aromatic carbocycles. The van der Waals surface area contributed by atoms with Gasteiger partial charge in [-0.2, -0.15) is 4.31 Å². The molecule has 1 heterocycles. The van der Waals surface area contributed by atoms with Crippen molar-refractivity contribution >= 4 is 55.3 Å². The van der Waals surface area contributed by atoms with Gasteiger partial charge in [-0.3, -0.25) is 4.79 Å². The van der Waals surface area contributed by atoms with E-state index in [4.69, 9.17) is 11.6 Å². The third-order valence-corrected chi connectivity index (χ3v) is 7.11. The normalized spacial score (nSPS) is 11.8. The Morgan fingerprint density at radius 2 is 1.84 bits per heavy atom. The van der Waals surface area contributed by atoms with Crippen LogP contribution >= 0.6 is 22.9 Å². The lowest BCUT2D eigenvalue weighted by Crippen LogP contribution is -2.34. The highest BCUT2D eigenvalue weighted by atomic mass is 35.5. The maximum Gasteiger partial charge on any atom is 0.252 e. The van der Waals surface area contributed by atoms with E-state index in [1.807, 2.05) is 36.4 Å². The fourth-order valence-corrected chi connectivity index (χ4v) is 5.17. The predicted octanol–water partition coefficient (Wildman–Crippen LogP) is 3.81. The number of nitrogens with zero attached hydrogens (tertiary/aromatic N) is 1. The number of anilines is 1. The number of sulfonamides is 1. The van der Waals surface area contributed by atoms with Gasteiger partial charge in [-0.15, -0.1) is 11.3 Å². The molecular formula is C17H15ClN2O3S2. The first-order valence-electron chi connectivity index (χ1n) is 7.36. The monoisotopic (exact) mass is 394 g/mol. The summed E-state index contributed by atoms with van der Waals surface area (Å²) in [5.41, 5.74) is 0.619. The minimum Gasteiger partial charge on any atom is -0.325 e. The Kier molecular flexibility index (Phi) is 5.10. The molecule has 3 rings (SSSR count). The zero-order chi connectivity index (χ0) is 18.0. The van der Waals surface area contributed by atoms with E-state index >= 15 is 0 Å². The topological polar surface area (TPSA) is 66.5 Å². The quantitative estimate of drug-likeness (QED) is 0.715. The number of fused-ring (bicyclic) bond motifs is 1. The Labute approximate surface area is 154 Å². The van der Waals surface area contributed by atoms with Crippen molar-refractivity contribution in [3.05, 3.63) is 58.9 Å². The highest BCUT2D eigenvalue weighted by Gasteiger charge is 2.24. The SMILES string of the molecule is CN(CC(=O)Nc1ccc2ccccc2c1)S(=O)(=O)c1ccc(Cl)s1. The molecule has 3 aromatic rings. The van der Waals surface area contributed by atoms with Gasteiger partial charge in [0.2, 0.25) is 5.91 Å². The molecule has 0 unspecified atom stereocenters. The largest absolute Gasteiger partial charge is 0.325 e. The van der Waals surface area contributed by atoms with Crippen LogP contribution in [0.3, 0.4) is 0 Å². The summed E-state index contributed by atoms with van der Waals surface area (Å²) in [6.07, 6.45) is 0. The summed E-state index contributed by atoms with van der Waals surface area (Å²) in [7, 11) is -2.37. The van der Waals surface area contributed by atoms with Crippen LogP contribution in [0.25, 0.3) is 10.8 Å². The number of amides is 1. The number of thiophene rings is 1. The average molecular weight is 395 g/mol. The number of likely N-dealkylation sites (N-methyl/N-ethyl adjacent to an activating group) is 1. The summed E-state index contributed by atoms with van der Waals surface area (Å²) < 4.78 is 26.3. The predicted molar refractivity (Wildman–Crippen MR) is 102 cm³/mol. The molecule has 0 aliphatic heterocycles. The van der Waals surface area contributed by atoms with E-state index in [0.717, 1.165) is 26.4 Å². The van der Waals surface area contributed by atoms with Gasteiger partial charge in [0.15, 0.2) is 0 Å². The van der Waals surface area contributed by atoms with Crippen molar-refractivity contribution in [2.24, 2.45) is 0 Å². The fraction of sp³-hybridized carbons (Fsp3) is 0.118. The molecule has 5 nitrogen and oxygen atoms in total. The Bertz CT molecular complexity index is 1030. The summed E-state index contributed by atoms with van der Waals surface area (Å²) in [6.45, 7) is -0.287. The van der Waals surface area contributed by atoms with Crippen molar-refractivity contribution in [3.8, 4) is 0 Å². The molecular weight excluding hydrogens is 380 g/mol. The molecule has 0 bridgehead atoms. The molecule has 0 saturated heterocycles. The smallest absolute Gasteiger partial charge is 0.252 e. The molecule has 8 heteroatoms. The number of carbonyl (C=O) groups is 1. The maximum absolute atomic E-state index is 12.4. The number of rotatable bonds is 5. The Hall–Kier alpha value is -1.93. The number of halogens is 1. The van der Waals surface area contributed by atoms with Crippen molar-refractivity contribution in [1.82, 2.24) is 4.31 Å². The maximum atomic E-state index is 12.4. The Morgan fingerprint density at radius 3 is 2.52 bits per heavy atom. The molecule has 130 valence electrons. The molecule has 0 aliphatic rings. The van der Waals surface area contributed by atoms with Gasteiger partial charge in [0.1, 0.15) is 4.21 Å². The number of hydrogen-bond acceptors (Lipinski definition) is 4. The minimum absolute atomic E-state index is 0.110. The van der Waals surface area contributed by atoms with Crippen LogP contribution in [0.1, 0.15) is 0 Å². The van der Waals surface area contributed by atoms with Crippen LogP contribution in [0.2, 0.25) is 4.34 Å². The van der Waals surface area contributed by atoms with Gasteiger partial charge in [0.25, 0.3) is 10.0 Å². The van der Waals surface area contributed by atoms with Crippen molar-refractivity contribution < 1.29 is 13.2 Å². The van der Waals surface area contributed by atoms with Crippen molar-refractivity contribution in [1.29, 1.82) is 0 Å². The minimum atomic E-state index is -3.73. The van der Waals surface area contributed by atoms with E-state index in [2.05, 4.69) is 5.32 Å². The van der Waals surface area contributed by atoms with Crippen LogP contribution in [0.4, 0.5) is 5.69 Å². The molecule has 0 atom stereocenters. The average Bonchev–Trinajstić information content (AvgIpc) is 3.02. The lowest BCUT2D eigenvalue weighted by Gasteiger charge is -2.15. The second kappa shape index (κ2) is 7.13. The van der Waals surface area contributed by atoms with Gasteiger partial charge in [-0.1, -0.05) is 41.9 Å². The van der Waals surface area contributed by atoms with E-state index in [9.17, 15) is 13.2 Å². The van der Waals surface area contributed by atoms with E-state index in [1.54, 1.807) is 6.07 Å². The third-order valence-electron chi connectivity index (χ3n) is 3.61. The zero-order valence-electron chi connectivity index (χ0n) is 13.3. The van der Waals surface area contributed by atoms with Crippen LogP contribution in [-0.4, -0.2) is 32.2 Å². The molecule has 1 N–H and O–H groups in total. The first kappa shape index (κ1) is 17.9. The molecule has 0 radical (unpaired) electrons. The fourth-order valence-electron chi connectivity index (χ4n) is 2.34. The first-order valence-corrected chi connectivity index (χ1v) is 10.00. The number of nitrogens with one attached hydrogen (secondary N) is 1. The number of benzene rings is 2. The number of carbonyl (C=O) groups excluding carboxylic acids is 1. The lowest BCUT2D eigenvalue weighted by atomic mass is 10.1. The number of hydrogen-bond donors (Lipinski definition) is 1. The summed E-state index contributed by atoms with van der Waals surface area (Å²) in [5.74, 6) is -0.413. The molecule has 0 aliphatic carbocycles. The van der Waals surface area contributed by atoms with E-state index in [0.29, 0.717) is 10.0 Å². The summed E-state index contributed by atoms with van der Waals surface area (Å²) >= 11 is 6.75. The molecule has 0 spiro atoms. The summed E-state index contributed by atoms with van der Waals surface area (Å²) in [6, 6.07) is 16.3. The standard InChI is InChI=1S/C17H15ClN2O3S2/c1-20(25(22,23)17-9-8-15(18)24-17)11-16(21)19-14-7-6-12-4-2-3-5-13(12)10-14/h2-10H,11H2,1H3,(H,19,21). The summed E-state index contributed by atoms with van der Waals surface area (Å²) in [5, 5.41) is 4.79. The van der Waals surface area contributed by atoms with Gasteiger partial charge in [0.05, 0.1) is 10.9 Å². The van der Waals surface area contributed by atoms with Gasteiger partial charge in [-0.05, 0) is 35.0 Å². The Morgan fingerprint density at radius 1 is 1.12 bits per heavy atom. The molecule has 0 fully saturated rings. The molecule has 1 aromatic heterocycles. The first-order chi connectivity index (χ1) is 11.9.